The van der Waals surface area contributed by atoms with Gasteiger partial charge in [0, 0.05) is 28.3 Å². The summed E-state index contributed by atoms with van der Waals surface area (Å²) in [5.74, 6) is 0. The molecule has 3 N–H and O–H groups in total. The van der Waals surface area contributed by atoms with Crippen molar-refractivity contribution < 1.29 is 0 Å². The predicted octanol–water partition coefficient (Wildman–Crippen LogP) is 3.54. The topological polar surface area (TPSA) is 50.9 Å². The zero-order valence-electron chi connectivity index (χ0n) is 10.4. The average Bonchev–Trinajstić information content (AvgIpc) is 2.71. The number of nitrogens with one attached hydrogen (secondary N) is 1. The highest BCUT2D eigenvalue weighted by Crippen LogP contribution is 2.20. The Morgan fingerprint density at radius 2 is 2.22 bits per heavy atom. The summed E-state index contributed by atoms with van der Waals surface area (Å²) in [6.45, 7) is 4.83. The molecule has 1 aromatic carbocycles. The summed E-state index contributed by atoms with van der Waals surface area (Å²) in [6, 6.07) is 5.83. The van der Waals surface area contributed by atoms with Gasteiger partial charge in [-0.2, -0.15) is 0 Å². The van der Waals surface area contributed by atoms with Crippen molar-refractivity contribution >= 4 is 28.6 Å². The third-order valence-electron chi connectivity index (χ3n) is 2.60. The van der Waals surface area contributed by atoms with Crippen LogP contribution < -0.4 is 11.1 Å². The zero-order chi connectivity index (χ0) is 13.1. The molecule has 3 nitrogen and oxygen atoms in total. The van der Waals surface area contributed by atoms with Gasteiger partial charge in [-0.15, -0.1) is 11.3 Å². The zero-order valence-corrected chi connectivity index (χ0v) is 12.0. The normalized spacial score (nSPS) is 12.6. The predicted molar refractivity (Wildman–Crippen MR) is 78.0 cm³/mol. The van der Waals surface area contributed by atoms with Gasteiger partial charge in [0.25, 0.3) is 0 Å². The van der Waals surface area contributed by atoms with Gasteiger partial charge in [0.2, 0.25) is 0 Å². The van der Waals surface area contributed by atoms with Crippen molar-refractivity contribution in [3.05, 3.63) is 44.9 Å². The third kappa shape index (κ3) is 3.45. The number of nitrogens with two attached hydrogens (primary N) is 1. The van der Waals surface area contributed by atoms with Crippen molar-refractivity contribution in [2.45, 2.75) is 26.4 Å². The molecule has 0 radical (unpaired) electrons. The first-order chi connectivity index (χ1) is 8.54. The summed E-state index contributed by atoms with van der Waals surface area (Å²) in [6.07, 6.45) is 0. The second-order valence-electron chi connectivity index (χ2n) is 4.32. The molecule has 2 rings (SSSR count). The van der Waals surface area contributed by atoms with Crippen LogP contribution in [-0.2, 0) is 6.54 Å². The van der Waals surface area contributed by atoms with E-state index < -0.39 is 0 Å². The molecule has 96 valence electrons. The molecular weight excluding hydrogens is 266 g/mol. The summed E-state index contributed by atoms with van der Waals surface area (Å²) < 4.78 is 0. The first kappa shape index (κ1) is 13.3. The Morgan fingerprint density at radius 3 is 2.83 bits per heavy atom. The summed E-state index contributed by atoms with van der Waals surface area (Å²) in [7, 11) is 0. The van der Waals surface area contributed by atoms with Crippen LogP contribution in [0.4, 0.5) is 5.69 Å². The van der Waals surface area contributed by atoms with E-state index in [0.717, 1.165) is 22.8 Å². The van der Waals surface area contributed by atoms with Crippen LogP contribution in [0.25, 0.3) is 0 Å². The van der Waals surface area contributed by atoms with E-state index in [1.807, 2.05) is 19.1 Å². The maximum absolute atomic E-state index is 5.97. The first-order valence-electron chi connectivity index (χ1n) is 5.75. The van der Waals surface area contributed by atoms with Crippen LogP contribution in [0.15, 0.2) is 23.6 Å². The van der Waals surface area contributed by atoms with E-state index in [4.69, 9.17) is 17.3 Å². The Labute approximate surface area is 116 Å². The lowest BCUT2D eigenvalue weighted by atomic mass is 10.2. The molecule has 5 heteroatoms. The molecule has 1 heterocycles. The Hall–Kier alpha value is -1.10. The lowest BCUT2D eigenvalue weighted by Crippen LogP contribution is -2.18. The molecular formula is C13H16ClN3S. The lowest BCUT2D eigenvalue weighted by molar-refractivity contribution is 0.571. The van der Waals surface area contributed by atoms with Gasteiger partial charge in [-0.05, 0) is 37.6 Å². The maximum Gasteiger partial charge on any atom is 0.110 e. The second kappa shape index (κ2) is 5.69. The lowest BCUT2D eigenvalue weighted by Gasteiger charge is -2.11. The maximum atomic E-state index is 5.97. The van der Waals surface area contributed by atoms with Crippen molar-refractivity contribution in [1.29, 1.82) is 0 Å². The first-order valence-corrected chi connectivity index (χ1v) is 7.00. The molecule has 1 atom stereocenters. The number of hydrogen-bond acceptors (Lipinski definition) is 4. The average molecular weight is 282 g/mol. The quantitative estimate of drug-likeness (QED) is 0.843. The van der Waals surface area contributed by atoms with E-state index in [9.17, 15) is 0 Å². The van der Waals surface area contributed by atoms with Crippen molar-refractivity contribution in [2.24, 2.45) is 0 Å². The number of anilines is 1. The monoisotopic (exact) mass is 281 g/mol. The minimum absolute atomic E-state index is 0.226. The van der Waals surface area contributed by atoms with Gasteiger partial charge in [0.1, 0.15) is 5.01 Å². The van der Waals surface area contributed by atoms with Crippen LogP contribution in [0.2, 0.25) is 5.02 Å². The molecule has 2 aromatic rings. The van der Waals surface area contributed by atoms with Crippen LogP contribution in [0.3, 0.4) is 0 Å². The Kier molecular flexibility index (Phi) is 4.22. The molecule has 0 aliphatic carbocycles. The number of aromatic nitrogens is 1. The molecule has 1 aromatic heterocycles. The molecule has 18 heavy (non-hydrogen) atoms. The van der Waals surface area contributed by atoms with Crippen molar-refractivity contribution in [2.75, 3.05) is 5.73 Å². The number of nitrogen functional groups attached to an aromatic ring is 1. The molecule has 0 spiro atoms. The van der Waals surface area contributed by atoms with E-state index in [0.29, 0.717) is 10.7 Å². The number of nitrogens with zero attached hydrogens (tertiary/aromatic N) is 1. The van der Waals surface area contributed by atoms with Gasteiger partial charge < -0.3 is 11.1 Å². The summed E-state index contributed by atoms with van der Waals surface area (Å²) in [5.41, 5.74) is 8.60. The van der Waals surface area contributed by atoms with Crippen LogP contribution >= 0.6 is 22.9 Å². The van der Waals surface area contributed by atoms with Crippen LogP contribution in [-0.4, -0.2) is 4.98 Å². The molecule has 0 aliphatic rings. The number of rotatable bonds is 4. The van der Waals surface area contributed by atoms with Gasteiger partial charge >= 0.3 is 0 Å². The van der Waals surface area contributed by atoms with Crippen LogP contribution in [0, 0.1) is 6.92 Å². The second-order valence-corrected chi connectivity index (χ2v) is 5.65. The smallest absolute Gasteiger partial charge is 0.110 e. The number of halogens is 1. The fourth-order valence-corrected chi connectivity index (χ4v) is 2.80. The highest BCUT2D eigenvalue weighted by atomic mass is 35.5. The minimum Gasteiger partial charge on any atom is -0.399 e. The van der Waals surface area contributed by atoms with Crippen molar-refractivity contribution in [1.82, 2.24) is 10.3 Å². The summed E-state index contributed by atoms with van der Waals surface area (Å²) in [4.78, 5) is 4.46. The largest absolute Gasteiger partial charge is 0.399 e. The van der Waals surface area contributed by atoms with Gasteiger partial charge in [-0.25, -0.2) is 4.98 Å². The van der Waals surface area contributed by atoms with Gasteiger partial charge in [-0.1, -0.05) is 11.6 Å². The Balaban J connectivity index is 1.99. The van der Waals surface area contributed by atoms with E-state index in [-0.39, 0.29) is 6.04 Å². The molecule has 0 aliphatic heterocycles. The molecule has 1 unspecified atom stereocenters. The van der Waals surface area contributed by atoms with E-state index >= 15 is 0 Å². The third-order valence-corrected chi connectivity index (χ3v) is 3.96. The fraction of sp³-hybridized carbons (Fsp3) is 0.308. The molecule has 0 saturated carbocycles. The molecule has 0 amide bonds. The highest BCUT2D eigenvalue weighted by molar-refractivity contribution is 7.09. The van der Waals surface area contributed by atoms with Crippen molar-refractivity contribution in [3.8, 4) is 0 Å². The van der Waals surface area contributed by atoms with Gasteiger partial charge in [0.05, 0.1) is 6.04 Å². The molecule has 0 bridgehead atoms. The SMILES string of the molecule is Cc1csc(C(C)NCc2cc(N)cc(Cl)c2)n1. The number of benzene rings is 1. The number of hydrogen-bond donors (Lipinski definition) is 2. The fourth-order valence-electron chi connectivity index (χ4n) is 1.71. The van der Waals surface area contributed by atoms with Gasteiger partial charge in [0.15, 0.2) is 0 Å². The Bertz CT molecular complexity index is 519. The van der Waals surface area contributed by atoms with Crippen LogP contribution in [0.5, 0.6) is 0 Å². The Morgan fingerprint density at radius 1 is 1.44 bits per heavy atom. The molecule has 0 saturated heterocycles. The molecule has 0 fully saturated rings. The van der Waals surface area contributed by atoms with Crippen molar-refractivity contribution in [3.63, 3.8) is 0 Å². The van der Waals surface area contributed by atoms with E-state index in [1.165, 1.54) is 0 Å². The van der Waals surface area contributed by atoms with E-state index in [2.05, 4.69) is 22.6 Å². The standard InChI is InChI=1S/C13H16ClN3S/c1-8-7-18-13(17-8)9(2)16-6-10-3-11(14)5-12(15)4-10/h3-5,7,9,16H,6,15H2,1-2H3. The van der Waals surface area contributed by atoms with E-state index in [1.54, 1.807) is 17.4 Å². The van der Waals surface area contributed by atoms with Gasteiger partial charge in [-0.3, -0.25) is 0 Å². The number of thiazole rings is 1. The van der Waals surface area contributed by atoms with Crippen LogP contribution in [0.1, 0.15) is 29.2 Å². The minimum atomic E-state index is 0.226. The summed E-state index contributed by atoms with van der Waals surface area (Å²) in [5, 5.41) is 7.25. The highest BCUT2D eigenvalue weighted by Gasteiger charge is 2.08. The number of aryl methyl sites for hydroxylation is 1. The summed E-state index contributed by atoms with van der Waals surface area (Å²) >= 11 is 7.64.